The Morgan fingerprint density at radius 3 is 2.77 bits per heavy atom. The minimum Gasteiger partial charge on any atom is -0.454 e. The summed E-state index contributed by atoms with van der Waals surface area (Å²) < 4.78 is 36.5. The Morgan fingerprint density at radius 2 is 2.04 bits per heavy atom. The second-order valence-corrected chi connectivity index (χ2v) is 7.72. The smallest absolute Gasteiger partial charge is 0.241 e. The normalized spacial score (nSPS) is 12.7. The molecule has 2 aromatic rings. The highest BCUT2D eigenvalue weighted by Crippen LogP contribution is 2.36. The highest BCUT2D eigenvalue weighted by Gasteiger charge is 2.25. The average Bonchev–Trinajstić information content (AvgIpc) is 3.13. The van der Waals surface area contributed by atoms with Gasteiger partial charge in [-0.15, -0.1) is 0 Å². The molecular weight excluding hydrogens is 358 g/mol. The number of hydrogen-bond donors (Lipinski definition) is 1. The average molecular weight is 377 g/mol. The molecule has 0 radical (unpaired) electrons. The molecule has 1 aliphatic rings. The van der Waals surface area contributed by atoms with Crippen molar-refractivity contribution in [2.24, 2.45) is 0 Å². The summed E-state index contributed by atoms with van der Waals surface area (Å²) >= 11 is 0. The lowest BCUT2D eigenvalue weighted by Gasteiger charge is -2.23. The van der Waals surface area contributed by atoms with Gasteiger partial charge in [-0.1, -0.05) is 6.07 Å². The molecule has 26 heavy (non-hydrogen) atoms. The van der Waals surface area contributed by atoms with Crippen LogP contribution in [0.4, 0.5) is 5.69 Å². The van der Waals surface area contributed by atoms with E-state index in [1.54, 1.807) is 36.5 Å². The number of ether oxygens (including phenoxy) is 2. The summed E-state index contributed by atoms with van der Waals surface area (Å²) in [6.07, 6.45) is 1.63. The zero-order valence-corrected chi connectivity index (χ0v) is 15.0. The van der Waals surface area contributed by atoms with E-state index < -0.39 is 15.9 Å². The number of amides is 1. The molecule has 0 saturated heterocycles. The molecule has 1 aliphatic heterocycles. The first-order chi connectivity index (χ1) is 12.5. The van der Waals surface area contributed by atoms with Crippen LogP contribution in [0.5, 0.6) is 11.5 Å². The van der Waals surface area contributed by atoms with Gasteiger partial charge in [-0.25, -0.2) is 8.42 Å². The van der Waals surface area contributed by atoms with E-state index in [4.69, 9.17) is 9.47 Å². The lowest BCUT2D eigenvalue weighted by Crippen LogP contribution is -2.41. The first-order valence-corrected chi connectivity index (χ1v) is 9.67. The Bertz CT molecular complexity index is 887. The number of pyridine rings is 1. The van der Waals surface area contributed by atoms with Gasteiger partial charge in [0.05, 0.1) is 23.7 Å². The van der Waals surface area contributed by atoms with Crippen molar-refractivity contribution in [3.63, 3.8) is 0 Å². The van der Waals surface area contributed by atoms with Gasteiger partial charge >= 0.3 is 0 Å². The fourth-order valence-electron chi connectivity index (χ4n) is 2.42. The summed E-state index contributed by atoms with van der Waals surface area (Å²) in [7, 11) is -3.65. The first kappa shape index (κ1) is 18.0. The number of aromatic nitrogens is 1. The number of benzene rings is 1. The van der Waals surface area contributed by atoms with E-state index in [1.165, 1.54) is 6.92 Å². The van der Waals surface area contributed by atoms with Crippen LogP contribution in [-0.2, 0) is 21.4 Å². The minimum absolute atomic E-state index is 0.0872. The molecule has 1 aromatic heterocycles. The maximum absolute atomic E-state index is 12.5. The fraction of sp³-hybridized carbons (Fsp3) is 0.294. The Balaban J connectivity index is 1.75. The third-order valence-electron chi connectivity index (χ3n) is 3.82. The molecule has 8 nitrogen and oxygen atoms in total. The quantitative estimate of drug-likeness (QED) is 0.781. The first-order valence-electron chi connectivity index (χ1n) is 8.06. The van der Waals surface area contributed by atoms with Crippen molar-refractivity contribution in [2.45, 2.75) is 13.5 Å². The number of sulfonamides is 1. The monoisotopic (exact) mass is 377 g/mol. The predicted octanol–water partition coefficient (Wildman–Crippen LogP) is 1.28. The lowest BCUT2D eigenvalue weighted by atomic mass is 10.2. The van der Waals surface area contributed by atoms with Crippen LogP contribution in [0.3, 0.4) is 0 Å². The van der Waals surface area contributed by atoms with Crippen LogP contribution in [0, 0.1) is 0 Å². The van der Waals surface area contributed by atoms with Crippen LogP contribution in [0.1, 0.15) is 12.6 Å². The molecule has 1 aromatic carbocycles. The summed E-state index contributed by atoms with van der Waals surface area (Å²) in [4.78, 5) is 16.4. The van der Waals surface area contributed by atoms with Gasteiger partial charge < -0.3 is 14.8 Å². The maximum atomic E-state index is 12.5. The van der Waals surface area contributed by atoms with E-state index >= 15 is 0 Å². The van der Waals surface area contributed by atoms with E-state index in [0.717, 1.165) is 4.31 Å². The molecule has 0 bridgehead atoms. The van der Waals surface area contributed by atoms with E-state index in [0.29, 0.717) is 22.9 Å². The van der Waals surface area contributed by atoms with Gasteiger partial charge in [0.1, 0.15) is 6.54 Å². The summed E-state index contributed by atoms with van der Waals surface area (Å²) in [5, 5.41) is 2.68. The van der Waals surface area contributed by atoms with Crippen LogP contribution in [0.15, 0.2) is 42.6 Å². The Hall–Kier alpha value is -2.81. The zero-order valence-electron chi connectivity index (χ0n) is 14.2. The fourth-order valence-corrected chi connectivity index (χ4v) is 3.48. The molecule has 0 fully saturated rings. The van der Waals surface area contributed by atoms with E-state index in [2.05, 4.69) is 10.3 Å². The van der Waals surface area contributed by atoms with E-state index in [1.807, 2.05) is 6.07 Å². The van der Waals surface area contributed by atoms with Crippen molar-refractivity contribution in [1.82, 2.24) is 10.3 Å². The molecule has 9 heteroatoms. The summed E-state index contributed by atoms with van der Waals surface area (Å²) in [5.41, 5.74) is 1.04. The Kier molecular flexibility index (Phi) is 5.27. The summed E-state index contributed by atoms with van der Waals surface area (Å²) in [6, 6.07) is 10.1. The molecule has 0 spiro atoms. The lowest BCUT2D eigenvalue weighted by molar-refractivity contribution is -0.119. The number of carbonyl (C=O) groups is 1. The molecule has 0 aliphatic carbocycles. The van der Waals surface area contributed by atoms with Gasteiger partial charge in [-0.3, -0.25) is 14.1 Å². The standard InChI is InChI=1S/C17H19N3O5S/c1-2-26(22,23)20(14-6-7-15-16(9-14)25-12-24-15)11-17(21)19-10-13-5-3-4-8-18-13/h3-9H,2,10-12H2,1H3,(H,19,21). The molecule has 2 heterocycles. The van der Waals surface area contributed by atoms with Crippen molar-refractivity contribution in [1.29, 1.82) is 0 Å². The van der Waals surface area contributed by atoms with Crippen LogP contribution in [-0.4, -0.2) is 38.4 Å². The van der Waals surface area contributed by atoms with Gasteiger partial charge in [-0.2, -0.15) is 0 Å². The number of hydrogen-bond acceptors (Lipinski definition) is 6. The molecule has 0 unspecified atom stereocenters. The largest absolute Gasteiger partial charge is 0.454 e. The molecular formula is C17H19N3O5S. The van der Waals surface area contributed by atoms with Crippen LogP contribution < -0.4 is 19.1 Å². The van der Waals surface area contributed by atoms with Crippen molar-refractivity contribution >= 4 is 21.6 Å². The van der Waals surface area contributed by atoms with Crippen molar-refractivity contribution in [3.05, 3.63) is 48.3 Å². The second kappa shape index (κ2) is 7.61. The molecule has 1 amide bonds. The highest BCUT2D eigenvalue weighted by molar-refractivity contribution is 7.92. The molecule has 0 atom stereocenters. The number of nitrogens with one attached hydrogen (secondary N) is 1. The van der Waals surface area contributed by atoms with Crippen molar-refractivity contribution in [3.8, 4) is 11.5 Å². The van der Waals surface area contributed by atoms with Crippen LogP contribution >= 0.6 is 0 Å². The second-order valence-electron chi connectivity index (χ2n) is 5.54. The Morgan fingerprint density at radius 1 is 1.23 bits per heavy atom. The van der Waals surface area contributed by atoms with E-state index in [-0.39, 0.29) is 25.6 Å². The molecule has 138 valence electrons. The minimum atomic E-state index is -3.65. The van der Waals surface area contributed by atoms with Gasteiger partial charge in [0, 0.05) is 12.3 Å². The van der Waals surface area contributed by atoms with Gasteiger partial charge in [0.25, 0.3) is 0 Å². The topological polar surface area (TPSA) is 97.8 Å². The highest BCUT2D eigenvalue weighted by atomic mass is 32.2. The number of nitrogens with zero attached hydrogens (tertiary/aromatic N) is 2. The van der Waals surface area contributed by atoms with Gasteiger partial charge in [0.15, 0.2) is 11.5 Å². The van der Waals surface area contributed by atoms with E-state index in [9.17, 15) is 13.2 Å². The molecule has 0 saturated carbocycles. The van der Waals surface area contributed by atoms with Crippen LogP contribution in [0.2, 0.25) is 0 Å². The number of carbonyl (C=O) groups excluding carboxylic acids is 1. The Labute approximate surface area is 151 Å². The van der Waals surface area contributed by atoms with Crippen molar-refractivity contribution < 1.29 is 22.7 Å². The maximum Gasteiger partial charge on any atom is 0.241 e. The predicted molar refractivity (Wildman–Crippen MR) is 95.5 cm³/mol. The van der Waals surface area contributed by atoms with Crippen molar-refractivity contribution in [2.75, 3.05) is 23.4 Å². The SMILES string of the molecule is CCS(=O)(=O)N(CC(=O)NCc1ccccn1)c1ccc2c(c1)OCO2. The number of fused-ring (bicyclic) bond motifs is 1. The van der Waals surface area contributed by atoms with Crippen LogP contribution in [0.25, 0.3) is 0 Å². The summed E-state index contributed by atoms with van der Waals surface area (Å²) in [6.45, 7) is 1.51. The number of rotatable bonds is 7. The van der Waals surface area contributed by atoms with Gasteiger partial charge in [-0.05, 0) is 31.2 Å². The zero-order chi connectivity index (χ0) is 18.6. The third-order valence-corrected chi connectivity index (χ3v) is 5.57. The third kappa shape index (κ3) is 4.05. The van der Waals surface area contributed by atoms with Gasteiger partial charge in [0.2, 0.25) is 22.7 Å². The number of anilines is 1. The molecule has 3 rings (SSSR count). The summed E-state index contributed by atoms with van der Waals surface area (Å²) in [5.74, 6) is 0.440. The molecule has 1 N–H and O–H groups in total.